The molecule has 3 N–H and O–H groups in total. The second kappa shape index (κ2) is 7.73. The van der Waals surface area contributed by atoms with Gasteiger partial charge in [0.05, 0.1) is 15.1 Å². The Balaban J connectivity index is 0.000000555. The zero-order valence-corrected chi connectivity index (χ0v) is 12.0. The zero-order chi connectivity index (χ0) is 15.2. The summed E-state index contributed by atoms with van der Waals surface area (Å²) in [5.41, 5.74) is 0. The molecule has 1 rings (SSSR count). The standard InChI is InChI=1S/C8H5Cl3O3.H2O4S/c9-4-1-6(11)7(2-5(4)10)14-3-8(12)13;1-5(2,3)4/h1-2H,3H2,(H,12,13);(H2,1,2,3,4). The van der Waals surface area contributed by atoms with Crippen LogP contribution in [0.5, 0.6) is 5.75 Å². The van der Waals surface area contributed by atoms with E-state index in [1.54, 1.807) is 0 Å². The number of ether oxygens (including phenoxy) is 1. The fourth-order valence-corrected chi connectivity index (χ4v) is 1.35. The number of aliphatic carboxylic acids is 1. The van der Waals surface area contributed by atoms with E-state index in [-0.39, 0.29) is 15.8 Å². The van der Waals surface area contributed by atoms with Crippen LogP contribution in [-0.4, -0.2) is 35.2 Å². The maximum absolute atomic E-state index is 10.2. The van der Waals surface area contributed by atoms with E-state index in [0.717, 1.165) is 0 Å². The molecule has 0 aliphatic rings. The Morgan fingerprint density at radius 2 is 1.53 bits per heavy atom. The average Bonchev–Trinajstić information content (AvgIpc) is 2.19. The molecule has 7 nitrogen and oxygen atoms in total. The molecule has 0 aliphatic carbocycles. The highest BCUT2D eigenvalue weighted by Gasteiger charge is 2.08. The number of hydrogen-bond acceptors (Lipinski definition) is 4. The number of carbonyl (C=O) groups is 1. The summed E-state index contributed by atoms with van der Waals surface area (Å²) in [5.74, 6) is -0.893. The minimum Gasteiger partial charge on any atom is -0.480 e. The van der Waals surface area contributed by atoms with E-state index in [1.807, 2.05) is 0 Å². The molecule has 0 atom stereocenters. The van der Waals surface area contributed by atoms with E-state index >= 15 is 0 Å². The van der Waals surface area contributed by atoms with Crippen LogP contribution in [0, 0.1) is 0 Å². The van der Waals surface area contributed by atoms with Gasteiger partial charge in [-0.2, -0.15) is 8.42 Å². The van der Waals surface area contributed by atoms with Crippen LogP contribution in [-0.2, 0) is 15.2 Å². The number of halogens is 3. The second-order valence-electron chi connectivity index (χ2n) is 2.83. The minimum atomic E-state index is -4.67. The first-order valence-electron chi connectivity index (χ1n) is 4.19. The minimum absolute atomic E-state index is 0.198. The van der Waals surface area contributed by atoms with Gasteiger partial charge in [-0.05, 0) is 6.07 Å². The molecule has 0 amide bonds. The van der Waals surface area contributed by atoms with Crippen molar-refractivity contribution in [1.82, 2.24) is 0 Å². The highest BCUT2D eigenvalue weighted by atomic mass is 35.5. The van der Waals surface area contributed by atoms with Gasteiger partial charge in [-0.1, -0.05) is 34.8 Å². The lowest BCUT2D eigenvalue weighted by molar-refractivity contribution is -0.139. The fourth-order valence-electron chi connectivity index (χ4n) is 0.754. The summed E-state index contributed by atoms with van der Waals surface area (Å²) >= 11 is 17.1. The van der Waals surface area contributed by atoms with E-state index in [0.29, 0.717) is 5.02 Å². The third-order valence-electron chi connectivity index (χ3n) is 1.33. The molecule has 0 aromatic heterocycles. The third kappa shape index (κ3) is 9.77. The van der Waals surface area contributed by atoms with Crippen LogP contribution in [0.4, 0.5) is 0 Å². The van der Waals surface area contributed by atoms with Crippen molar-refractivity contribution in [1.29, 1.82) is 0 Å². The molecule has 1 aromatic carbocycles. The maximum Gasteiger partial charge on any atom is 0.394 e. The smallest absolute Gasteiger partial charge is 0.394 e. The topological polar surface area (TPSA) is 121 Å². The van der Waals surface area contributed by atoms with Crippen molar-refractivity contribution in [2.75, 3.05) is 6.61 Å². The second-order valence-corrected chi connectivity index (χ2v) is 4.94. The van der Waals surface area contributed by atoms with Crippen molar-refractivity contribution in [2.45, 2.75) is 0 Å². The highest BCUT2D eigenvalue weighted by molar-refractivity contribution is 7.79. The molecule has 0 saturated heterocycles. The Hall–Kier alpha value is -0.770. The number of carboxylic acid groups (broad SMARTS) is 1. The Morgan fingerprint density at radius 1 is 1.11 bits per heavy atom. The first-order chi connectivity index (χ1) is 8.50. The maximum atomic E-state index is 10.2. The average molecular weight is 354 g/mol. The van der Waals surface area contributed by atoms with Crippen LogP contribution < -0.4 is 4.74 Å². The summed E-state index contributed by atoms with van der Waals surface area (Å²) in [4.78, 5) is 10.2. The predicted molar refractivity (Wildman–Crippen MR) is 68.8 cm³/mol. The van der Waals surface area contributed by atoms with E-state index in [2.05, 4.69) is 0 Å². The summed E-state index contributed by atoms with van der Waals surface area (Å²) in [6.45, 7) is -0.475. The van der Waals surface area contributed by atoms with Gasteiger partial charge in [0.15, 0.2) is 6.61 Å². The monoisotopic (exact) mass is 352 g/mol. The van der Waals surface area contributed by atoms with Crippen molar-refractivity contribution in [3.05, 3.63) is 27.2 Å². The van der Waals surface area contributed by atoms with Crippen molar-refractivity contribution < 1.29 is 32.2 Å². The van der Waals surface area contributed by atoms with Gasteiger partial charge in [0.2, 0.25) is 0 Å². The Labute approximate surface area is 123 Å². The molecule has 0 radical (unpaired) electrons. The van der Waals surface area contributed by atoms with Crippen molar-refractivity contribution in [3.63, 3.8) is 0 Å². The predicted octanol–water partition coefficient (Wildman–Crippen LogP) is 2.46. The number of rotatable bonds is 3. The van der Waals surface area contributed by atoms with Crippen molar-refractivity contribution in [3.8, 4) is 5.75 Å². The number of carboxylic acids is 1. The Bertz CT molecular complexity index is 550. The fraction of sp³-hybridized carbons (Fsp3) is 0.125. The molecule has 0 unspecified atom stereocenters. The Kier molecular flexibility index (Phi) is 7.42. The normalized spacial score (nSPS) is 10.4. The van der Waals surface area contributed by atoms with E-state index in [1.165, 1.54) is 12.1 Å². The summed E-state index contributed by atoms with van der Waals surface area (Å²) in [6, 6.07) is 2.76. The number of hydrogen-bond donors (Lipinski definition) is 3. The van der Waals surface area contributed by atoms with Gasteiger partial charge in [0, 0.05) is 6.07 Å². The molecule has 0 saturated carbocycles. The summed E-state index contributed by atoms with van der Waals surface area (Å²) in [6.07, 6.45) is 0. The summed E-state index contributed by atoms with van der Waals surface area (Å²) < 4.78 is 36.4. The van der Waals surface area contributed by atoms with Gasteiger partial charge in [-0.15, -0.1) is 0 Å². The summed E-state index contributed by atoms with van der Waals surface area (Å²) in [5, 5.41) is 9.14. The van der Waals surface area contributed by atoms with Crippen LogP contribution in [0.2, 0.25) is 15.1 Å². The lowest BCUT2D eigenvalue weighted by Gasteiger charge is -2.06. The molecule has 0 heterocycles. The van der Waals surface area contributed by atoms with Crippen LogP contribution in [0.15, 0.2) is 12.1 Å². The lowest BCUT2D eigenvalue weighted by Crippen LogP contribution is -2.09. The molecule has 0 aliphatic heterocycles. The van der Waals surface area contributed by atoms with Crippen LogP contribution in [0.3, 0.4) is 0 Å². The van der Waals surface area contributed by atoms with E-state index in [9.17, 15) is 4.79 Å². The van der Waals surface area contributed by atoms with Crippen LogP contribution >= 0.6 is 34.8 Å². The van der Waals surface area contributed by atoms with Gasteiger partial charge in [-0.25, -0.2) is 4.79 Å². The molecule has 19 heavy (non-hydrogen) atoms. The molecule has 108 valence electrons. The molecule has 0 bridgehead atoms. The van der Waals surface area contributed by atoms with Gasteiger partial charge in [0.1, 0.15) is 5.75 Å². The van der Waals surface area contributed by atoms with Crippen LogP contribution in [0.25, 0.3) is 0 Å². The van der Waals surface area contributed by atoms with Gasteiger partial charge in [-0.3, -0.25) is 9.11 Å². The molecular weight excluding hydrogens is 347 g/mol. The van der Waals surface area contributed by atoms with E-state index < -0.39 is 23.0 Å². The molecule has 11 heteroatoms. The molecule has 1 aromatic rings. The first kappa shape index (κ1) is 18.2. The van der Waals surface area contributed by atoms with Gasteiger partial charge < -0.3 is 9.84 Å². The van der Waals surface area contributed by atoms with Crippen LogP contribution in [0.1, 0.15) is 0 Å². The number of benzene rings is 1. The van der Waals surface area contributed by atoms with E-state index in [4.69, 9.17) is 62.2 Å². The van der Waals surface area contributed by atoms with Crippen molar-refractivity contribution >= 4 is 51.2 Å². The molecular formula is C8H7Cl3O7S. The lowest BCUT2D eigenvalue weighted by atomic mass is 10.3. The molecule has 0 spiro atoms. The largest absolute Gasteiger partial charge is 0.480 e. The Morgan fingerprint density at radius 3 is 1.95 bits per heavy atom. The van der Waals surface area contributed by atoms with Gasteiger partial charge in [0.25, 0.3) is 0 Å². The van der Waals surface area contributed by atoms with Gasteiger partial charge >= 0.3 is 16.4 Å². The zero-order valence-electron chi connectivity index (χ0n) is 8.88. The highest BCUT2D eigenvalue weighted by Crippen LogP contribution is 2.33. The molecule has 0 fully saturated rings. The SMILES string of the molecule is O=C(O)COc1cc(Cl)c(Cl)cc1Cl.O=S(=O)(O)O. The summed E-state index contributed by atoms with van der Waals surface area (Å²) in [7, 11) is -4.67. The third-order valence-corrected chi connectivity index (χ3v) is 2.34. The quantitative estimate of drug-likeness (QED) is 0.563. The van der Waals surface area contributed by atoms with Crippen molar-refractivity contribution in [2.24, 2.45) is 0 Å². The first-order valence-corrected chi connectivity index (χ1v) is 6.73.